The Bertz CT molecular complexity index is 1290. The summed E-state index contributed by atoms with van der Waals surface area (Å²) in [5.74, 6) is 1.21. The Hall–Kier alpha value is -3.43. The van der Waals surface area contributed by atoms with Crippen molar-refractivity contribution in [3.63, 3.8) is 0 Å². The number of carbonyl (C=O) groups is 2. The zero-order valence-corrected chi connectivity index (χ0v) is 21.4. The normalized spacial score (nSPS) is 20.4. The van der Waals surface area contributed by atoms with Gasteiger partial charge in [0, 0.05) is 48.6 Å². The van der Waals surface area contributed by atoms with Crippen LogP contribution in [0.1, 0.15) is 12.5 Å². The Balaban J connectivity index is 1.54. The fraction of sp³-hybridized carbons (Fsp3) is 0.381. The molecule has 15 heteroatoms. The molecule has 0 saturated carbocycles. The molecule has 1 saturated heterocycles. The van der Waals surface area contributed by atoms with Crippen molar-refractivity contribution >= 4 is 60.5 Å². The van der Waals surface area contributed by atoms with E-state index in [1.807, 2.05) is 11.8 Å². The smallest absolute Gasteiger partial charge is 0.374 e. The van der Waals surface area contributed by atoms with Crippen LogP contribution in [0.15, 0.2) is 30.3 Å². The summed E-state index contributed by atoms with van der Waals surface area (Å²) in [4.78, 5) is 34.5. The number of carbonyl (C=O) groups excluding carboxylic acids is 1. The molecule has 1 amide bonds. The van der Waals surface area contributed by atoms with Crippen molar-refractivity contribution in [2.24, 2.45) is 5.92 Å². The Kier molecular flexibility index (Phi) is 7.61. The summed E-state index contributed by atoms with van der Waals surface area (Å²) in [7, 11) is -4.48. The molecule has 2 aliphatic rings. The van der Waals surface area contributed by atoms with Gasteiger partial charge in [-0.15, -0.1) is 0 Å². The average molecular weight is 537 g/mol. The maximum Gasteiger partial charge on any atom is 0.374 e. The highest BCUT2D eigenvalue weighted by molar-refractivity contribution is 8.25. The molecule has 13 nitrogen and oxygen atoms in total. The van der Waals surface area contributed by atoms with E-state index in [1.54, 1.807) is 40.1 Å². The van der Waals surface area contributed by atoms with E-state index in [4.69, 9.17) is 0 Å². The van der Waals surface area contributed by atoms with Crippen molar-refractivity contribution in [2.75, 3.05) is 52.8 Å². The van der Waals surface area contributed by atoms with Gasteiger partial charge in [-0.05, 0) is 29.0 Å². The molecule has 1 fully saturated rings. The first-order chi connectivity index (χ1) is 17.1. The number of piperazine rings is 1. The number of carboxylic acid groups (broad SMARTS) is 1. The molecule has 5 N–H and O–H groups in total. The molecule has 1 aromatic carbocycles. The van der Waals surface area contributed by atoms with Crippen LogP contribution in [0.5, 0.6) is 0 Å². The highest BCUT2D eigenvalue weighted by Crippen LogP contribution is 2.29. The largest absolute Gasteiger partial charge is 0.473 e. The summed E-state index contributed by atoms with van der Waals surface area (Å²) in [6, 6.07) is 8.65. The van der Waals surface area contributed by atoms with Gasteiger partial charge in [-0.1, -0.05) is 19.1 Å². The van der Waals surface area contributed by atoms with Gasteiger partial charge in [-0.2, -0.15) is 14.4 Å². The monoisotopic (exact) mass is 536 g/mol. The fourth-order valence-electron chi connectivity index (χ4n) is 3.71. The quantitative estimate of drug-likeness (QED) is 0.309. The predicted molar refractivity (Wildman–Crippen MR) is 141 cm³/mol. The number of sulfonamides is 1. The Morgan fingerprint density at radius 1 is 1.28 bits per heavy atom. The number of aromatic nitrogens is 2. The summed E-state index contributed by atoms with van der Waals surface area (Å²) in [5.41, 5.74) is 4.39. The summed E-state index contributed by atoms with van der Waals surface area (Å²) >= 11 is 0. The van der Waals surface area contributed by atoms with E-state index in [1.165, 1.54) is 0 Å². The second-order valence-corrected chi connectivity index (χ2v) is 11.9. The van der Waals surface area contributed by atoms with Gasteiger partial charge in [0.15, 0.2) is 0 Å². The minimum absolute atomic E-state index is 0.0867. The SMILES string of the molecule is CC1C=S(C(=O)O)N(Nc2nc(NCc3ccc(NS(C)(=O)=O)cc3)cc(N3CCNC(=O)C3)n2)C1. The summed E-state index contributed by atoms with van der Waals surface area (Å²) < 4.78 is 26.8. The number of nitrogens with one attached hydrogen (secondary N) is 4. The zero-order chi connectivity index (χ0) is 25.9. The standard InChI is InChI=1S/C21H28N8O5S2/c1-14-11-29(35(13-14)21(31)32)26-20-24-17(9-18(25-20)28-8-7-22-19(30)12-28)23-10-15-3-5-16(6-4-15)27-36(2,33)34/h3-6,9,13-14,27H,7-8,10-12H2,1-2H3,(H,22,30)(H,31,32)(H2,23,24,25,26). The Morgan fingerprint density at radius 2 is 2.03 bits per heavy atom. The number of hydrazine groups is 1. The number of benzene rings is 1. The van der Waals surface area contributed by atoms with Crippen LogP contribution < -0.4 is 25.7 Å². The summed E-state index contributed by atoms with van der Waals surface area (Å²) in [5, 5.41) is 16.4. The van der Waals surface area contributed by atoms with Crippen LogP contribution in [0.25, 0.3) is 0 Å². The van der Waals surface area contributed by atoms with Crippen molar-refractivity contribution in [3.8, 4) is 0 Å². The van der Waals surface area contributed by atoms with Crippen LogP contribution in [-0.2, 0) is 21.4 Å². The van der Waals surface area contributed by atoms with Gasteiger partial charge in [0.2, 0.25) is 21.9 Å². The van der Waals surface area contributed by atoms with Gasteiger partial charge >= 0.3 is 5.30 Å². The molecule has 36 heavy (non-hydrogen) atoms. The van der Waals surface area contributed by atoms with E-state index >= 15 is 0 Å². The van der Waals surface area contributed by atoms with Gasteiger partial charge in [0.1, 0.15) is 11.6 Å². The minimum atomic E-state index is -3.36. The molecule has 2 aliphatic heterocycles. The molecule has 2 unspecified atom stereocenters. The molecule has 1 aromatic heterocycles. The van der Waals surface area contributed by atoms with Gasteiger partial charge in [-0.25, -0.2) is 13.2 Å². The van der Waals surface area contributed by atoms with Crippen LogP contribution in [0.2, 0.25) is 0 Å². The maximum absolute atomic E-state index is 11.9. The van der Waals surface area contributed by atoms with Crippen molar-refractivity contribution < 1.29 is 23.1 Å². The molecule has 0 radical (unpaired) electrons. The van der Waals surface area contributed by atoms with Crippen LogP contribution in [0.4, 0.5) is 28.1 Å². The van der Waals surface area contributed by atoms with E-state index in [0.29, 0.717) is 43.5 Å². The van der Waals surface area contributed by atoms with Crippen LogP contribution in [0, 0.1) is 5.92 Å². The van der Waals surface area contributed by atoms with E-state index in [9.17, 15) is 23.1 Å². The number of amides is 1. The van der Waals surface area contributed by atoms with E-state index in [0.717, 1.165) is 11.8 Å². The summed E-state index contributed by atoms with van der Waals surface area (Å²) in [6.45, 7) is 4.04. The number of hydrogen-bond acceptors (Lipinski definition) is 10. The van der Waals surface area contributed by atoms with E-state index in [2.05, 4.69) is 30.7 Å². The molecule has 4 rings (SSSR count). The van der Waals surface area contributed by atoms with Crippen molar-refractivity contribution in [1.82, 2.24) is 19.7 Å². The van der Waals surface area contributed by atoms with E-state index < -0.39 is 26.0 Å². The number of nitrogens with zero attached hydrogens (tertiary/aromatic N) is 4. The molecule has 0 spiro atoms. The van der Waals surface area contributed by atoms with Crippen LogP contribution >= 0.6 is 10.7 Å². The molecular formula is C21H28N8O5S2. The third kappa shape index (κ3) is 6.83. The number of hydrogen-bond donors (Lipinski definition) is 5. The second kappa shape index (κ2) is 10.7. The predicted octanol–water partition coefficient (Wildman–Crippen LogP) is 1.34. The lowest BCUT2D eigenvalue weighted by Crippen LogP contribution is -2.48. The molecule has 0 bridgehead atoms. The van der Waals surface area contributed by atoms with Gasteiger partial charge in [0.05, 0.1) is 12.8 Å². The molecule has 3 heterocycles. The van der Waals surface area contributed by atoms with Gasteiger partial charge in [-0.3, -0.25) is 14.9 Å². The molecule has 0 aliphatic carbocycles. The first-order valence-corrected chi connectivity index (χ1v) is 14.3. The zero-order valence-electron chi connectivity index (χ0n) is 19.8. The average Bonchev–Trinajstić information content (AvgIpc) is 3.17. The van der Waals surface area contributed by atoms with Gasteiger partial charge in [0.25, 0.3) is 0 Å². The van der Waals surface area contributed by atoms with Crippen molar-refractivity contribution in [1.29, 1.82) is 0 Å². The van der Waals surface area contributed by atoms with Crippen LogP contribution in [0.3, 0.4) is 0 Å². The lowest BCUT2D eigenvalue weighted by Gasteiger charge is -2.28. The second-order valence-electron chi connectivity index (χ2n) is 8.50. The number of anilines is 4. The van der Waals surface area contributed by atoms with Crippen molar-refractivity contribution in [3.05, 3.63) is 35.9 Å². The van der Waals surface area contributed by atoms with E-state index in [-0.39, 0.29) is 24.3 Å². The molecular weight excluding hydrogens is 508 g/mol. The number of rotatable bonds is 8. The maximum atomic E-state index is 11.9. The third-order valence-corrected chi connectivity index (χ3v) is 7.66. The highest BCUT2D eigenvalue weighted by Gasteiger charge is 2.27. The first kappa shape index (κ1) is 25.7. The highest BCUT2D eigenvalue weighted by atomic mass is 32.2. The fourth-order valence-corrected chi connectivity index (χ4v) is 5.82. The van der Waals surface area contributed by atoms with Gasteiger partial charge < -0.3 is 20.6 Å². The topological polar surface area (TPSA) is 169 Å². The summed E-state index contributed by atoms with van der Waals surface area (Å²) in [6.07, 6.45) is 1.09. The minimum Gasteiger partial charge on any atom is -0.473 e. The Morgan fingerprint density at radius 3 is 2.69 bits per heavy atom. The lowest BCUT2D eigenvalue weighted by molar-refractivity contribution is -0.120. The lowest BCUT2D eigenvalue weighted by atomic mass is 10.2. The van der Waals surface area contributed by atoms with Crippen molar-refractivity contribution in [2.45, 2.75) is 13.5 Å². The molecule has 194 valence electrons. The third-order valence-electron chi connectivity index (χ3n) is 5.26. The van der Waals surface area contributed by atoms with Crippen LogP contribution in [-0.4, -0.2) is 76.9 Å². The Labute approximate surface area is 211 Å². The first-order valence-electron chi connectivity index (χ1n) is 11.1. The molecule has 2 atom stereocenters. The molecule has 2 aromatic rings.